The summed E-state index contributed by atoms with van der Waals surface area (Å²) in [4.78, 5) is 29.2. The fourth-order valence-electron chi connectivity index (χ4n) is 8.50. The van der Waals surface area contributed by atoms with Gasteiger partial charge in [-0.25, -0.2) is 9.00 Å². The highest BCUT2D eigenvalue weighted by atomic mass is 32.2. The number of nitrogens with one attached hydrogen (secondary N) is 2. The number of ether oxygens (including phenoxy) is 2. The molecule has 1 spiro atoms. The Morgan fingerprint density at radius 2 is 2.08 bits per heavy atom. The number of hydrogen-bond donors (Lipinski definition) is 3. The monoisotopic (exact) mass is 690 g/mol. The molecule has 10 nitrogen and oxygen atoms in total. The Morgan fingerprint density at radius 3 is 2.84 bits per heavy atom. The van der Waals surface area contributed by atoms with Crippen LogP contribution in [0.5, 0.6) is 5.75 Å². The normalized spacial score (nSPS) is 34.6. The largest absolute Gasteiger partial charge is 0.490 e. The van der Waals surface area contributed by atoms with Crippen molar-refractivity contribution in [3.8, 4) is 5.75 Å². The van der Waals surface area contributed by atoms with Gasteiger partial charge in [-0.15, -0.1) is 4.36 Å². The summed E-state index contributed by atoms with van der Waals surface area (Å²) in [6.07, 6.45) is 10.8. The van der Waals surface area contributed by atoms with Gasteiger partial charge in [0, 0.05) is 49.7 Å². The van der Waals surface area contributed by atoms with Crippen LogP contribution in [-0.2, 0) is 26.5 Å². The quantitative estimate of drug-likeness (QED) is 0.371. The molecule has 11 heteroatoms. The smallest absolute Gasteiger partial charge is 0.327 e. The van der Waals surface area contributed by atoms with Gasteiger partial charge in [-0.2, -0.15) is 0 Å². The van der Waals surface area contributed by atoms with Crippen LogP contribution in [0.25, 0.3) is 0 Å². The molecule has 0 saturated heterocycles. The second kappa shape index (κ2) is 13.7. The fraction of sp³-hybridized carbons (Fsp3) is 0.579. The molecule has 7 rings (SSSR count). The second-order valence-electron chi connectivity index (χ2n) is 15.2. The Hall–Kier alpha value is -3.41. The van der Waals surface area contributed by atoms with Crippen molar-refractivity contribution < 1.29 is 28.4 Å². The molecule has 2 aromatic carbocycles. The minimum absolute atomic E-state index is 0.00980. The molecule has 2 aromatic rings. The second-order valence-corrected chi connectivity index (χ2v) is 17.2. The predicted molar refractivity (Wildman–Crippen MR) is 190 cm³/mol. The molecule has 8 atom stereocenters. The highest BCUT2D eigenvalue weighted by Gasteiger charge is 2.44. The molecule has 2 fully saturated rings. The van der Waals surface area contributed by atoms with E-state index in [9.17, 15) is 18.9 Å². The first kappa shape index (κ1) is 34.1. The summed E-state index contributed by atoms with van der Waals surface area (Å²) < 4.78 is 33.8. The van der Waals surface area contributed by atoms with Crippen molar-refractivity contribution in [2.24, 2.45) is 28.0 Å². The van der Waals surface area contributed by atoms with Gasteiger partial charge in [0.15, 0.2) is 0 Å². The highest BCUT2D eigenvalue weighted by Crippen LogP contribution is 2.47. The minimum atomic E-state index is -3.49. The van der Waals surface area contributed by atoms with Crippen molar-refractivity contribution in [1.29, 1.82) is 0 Å². The van der Waals surface area contributed by atoms with E-state index >= 15 is 0 Å². The van der Waals surface area contributed by atoms with Crippen LogP contribution in [-0.4, -0.2) is 72.6 Å². The van der Waals surface area contributed by atoms with Crippen LogP contribution >= 0.6 is 0 Å². The molecule has 3 amide bonds. The summed E-state index contributed by atoms with van der Waals surface area (Å²) in [7, 11) is -1.73. The molecule has 2 bridgehead atoms. The first-order valence-electron chi connectivity index (χ1n) is 17.9. The molecule has 2 aliphatic heterocycles. The number of carbonyl (C=O) groups is 2. The van der Waals surface area contributed by atoms with E-state index in [1.807, 2.05) is 19.1 Å². The molecule has 1 unspecified atom stereocenters. The number of fused-ring (bicyclic) bond motifs is 4. The fourth-order valence-corrected chi connectivity index (χ4v) is 10.3. The number of anilines is 1. The van der Waals surface area contributed by atoms with E-state index < -0.39 is 21.9 Å². The number of aryl methyl sites for hydroxylation is 2. The van der Waals surface area contributed by atoms with Gasteiger partial charge in [0.05, 0.1) is 24.2 Å². The molecular weight excluding hydrogens is 641 g/mol. The van der Waals surface area contributed by atoms with Gasteiger partial charge in [-0.3, -0.25) is 9.52 Å². The van der Waals surface area contributed by atoms with Crippen LogP contribution in [0.15, 0.2) is 52.9 Å². The number of allylic oxidation sites excluding steroid dienone is 1. The summed E-state index contributed by atoms with van der Waals surface area (Å²) in [6.45, 7) is 6.17. The van der Waals surface area contributed by atoms with Gasteiger partial charge < -0.3 is 24.8 Å². The maximum absolute atomic E-state index is 14.3. The lowest BCUT2D eigenvalue weighted by molar-refractivity contribution is 0.0131. The van der Waals surface area contributed by atoms with Crippen molar-refractivity contribution in [2.75, 3.05) is 44.1 Å². The molecule has 0 aromatic heterocycles. The zero-order valence-corrected chi connectivity index (χ0v) is 29.7. The zero-order chi connectivity index (χ0) is 34.3. The lowest BCUT2D eigenvalue weighted by Gasteiger charge is -2.46. The van der Waals surface area contributed by atoms with E-state index in [4.69, 9.17) is 9.47 Å². The molecule has 3 aliphatic carbocycles. The van der Waals surface area contributed by atoms with Gasteiger partial charge in [0.2, 0.25) is 0 Å². The van der Waals surface area contributed by atoms with Crippen molar-refractivity contribution in [1.82, 2.24) is 10.0 Å². The Labute approximate surface area is 290 Å². The maximum Gasteiger partial charge on any atom is 0.327 e. The molecule has 0 radical (unpaired) electrons. The number of hydrogen-bond acceptors (Lipinski definition) is 7. The molecular formula is C38H50N4O6S. The van der Waals surface area contributed by atoms with Crippen LogP contribution in [0, 0.1) is 30.6 Å². The lowest BCUT2D eigenvalue weighted by Crippen LogP contribution is -2.49. The third-order valence-electron chi connectivity index (χ3n) is 11.4. The van der Waals surface area contributed by atoms with Crippen molar-refractivity contribution in [2.45, 2.75) is 76.4 Å². The lowest BCUT2D eigenvalue weighted by atomic mass is 9.68. The number of aliphatic hydroxyl groups is 1. The van der Waals surface area contributed by atoms with Crippen LogP contribution in [0.2, 0.25) is 0 Å². The van der Waals surface area contributed by atoms with Gasteiger partial charge >= 0.3 is 6.03 Å². The Balaban J connectivity index is 1.27. The maximum atomic E-state index is 14.3. The molecule has 3 N–H and O–H groups in total. The number of nitrogens with zero attached hydrogens (tertiary/aromatic N) is 2. The number of rotatable bonds is 4. The molecule has 2 saturated carbocycles. The number of urea groups is 1. The predicted octanol–water partition coefficient (Wildman–Crippen LogP) is 5.31. The highest BCUT2D eigenvalue weighted by molar-refractivity contribution is 7.92. The average Bonchev–Trinajstić information content (AvgIpc) is 3.83. The molecule has 5 aliphatic rings. The molecule has 49 heavy (non-hydrogen) atoms. The standard InChI is InChI=1S/C38H50N4O6S/c1-24-9-13-31-26(16-24)7-5-15-38(31)22-42-19-28-10-12-30(28)34(47-3)8-4-6-25(2)21-49(46,41-37(45)39-32-17-29(32)20-43)40-36(44)27-11-14-35(48-23-38)33(42)18-27/h4,8-9,11,13-14,16,18,25,28-30,32,34,43H,5-7,10,12,15,17,19-23H2,1-3H3,(H2,39,40,41,44,45,46)/b8-4+/t25-,28-,29-,30+,32-,34-,38-,49?/m0/s1. The SMILES string of the molecule is CO[C@H]1/C=C/C[C@H](C)CS(=O)(NC(=O)N[C@H]2C[C@H]2CO)=NC(=O)c2ccc3c(c2)N(C[C@@H]2CC[C@H]21)C[C@@]1(CCCc2cc(C)ccc21)CO3. The number of carbonyl (C=O) groups excluding carboxylic acids is 2. The summed E-state index contributed by atoms with van der Waals surface area (Å²) in [6, 6.07) is 11.4. The molecule has 2 heterocycles. The van der Waals surface area contributed by atoms with Crippen molar-refractivity contribution in [3.63, 3.8) is 0 Å². The van der Waals surface area contributed by atoms with Gasteiger partial charge in [-0.1, -0.05) is 42.8 Å². The van der Waals surface area contributed by atoms with Gasteiger partial charge in [0.25, 0.3) is 5.91 Å². The van der Waals surface area contributed by atoms with E-state index in [1.54, 1.807) is 13.2 Å². The number of aliphatic hydroxyl groups excluding tert-OH is 1. The Kier molecular flexibility index (Phi) is 9.53. The van der Waals surface area contributed by atoms with Crippen molar-refractivity contribution in [3.05, 3.63) is 70.8 Å². The Bertz CT molecular complexity index is 1750. The van der Waals surface area contributed by atoms with E-state index in [0.29, 0.717) is 36.8 Å². The van der Waals surface area contributed by atoms with Crippen LogP contribution in [0.4, 0.5) is 10.5 Å². The number of benzene rings is 2. The van der Waals surface area contributed by atoms with Gasteiger partial charge in [-0.05, 0) is 98.9 Å². The number of amides is 3. The summed E-state index contributed by atoms with van der Waals surface area (Å²) in [5.74, 6) is 0.713. The Morgan fingerprint density at radius 1 is 1.22 bits per heavy atom. The summed E-state index contributed by atoms with van der Waals surface area (Å²) in [5.41, 5.74) is 4.96. The minimum Gasteiger partial charge on any atom is -0.490 e. The van der Waals surface area contributed by atoms with Crippen LogP contribution in [0.3, 0.4) is 0 Å². The summed E-state index contributed by atoms with van der Waals surface area (Å²) >= 11 is 0. The van der Waals surface area contributed by atoms with E-state index in [1.165, 1.54) is 16.7 Å². The van der Waals surface area contributed by atoms with Gasteiger partial charge in [0.1, 0.15) is 15.7 Å². The first-order chi connectivity index (χ1) is 23.6. The summed E-state index contributed by atoms with van der Waals surface area (Å²) in [5, 5.41) is 12.2. The third-order valence-corrected chi connectivity index (χ3v) is 13.4. The van der Waals surface area contributed by atoms with E-state index in [-0.39, 0.29) is 41.8 Å². The first-order valence-corrected chi connectivity index (χ1v) is 19.6. The van der Waals surface area contributed by atoms with Crippen LogP contribution < -0.4 is 19.7 Å². The molecule has 264 valence electrons. The van der Waals surface area contributed by atoms with E-state index in [0.717, 1.165) is 56.6 Å². The third kappa shape index (κ3) is 7.12. The average molecular weight is 691 g/mol. The topological polar surface area (TPSA) is 130 Å². The zero-order valence-electron chi connectivity index (χ0n) is 28.9. The van der Waals surface area contributed by atoms with Crippen LogP contribution in [0.1, 0.15) is 72.5 Å². The number of methoxy groups -OCH3 is 1. The van der Waals surface area contributed by atoms with Crippen molar-refractivity contribution >= 4 is 27.5 Å². The van der Waals surface area contributed by atoms with E-state index in [2.05, 4.69) is 56.6 Å².